The molecule has 3 atom stereocenters. The van der Waals surface area contributed by atoms with Crippen LogP contribution in [0.5, 0.6) is 0 Å². The second-order valence-corrected chi connectivity index (χ2v) is 12.3. The fraction of sp³-hybridized carbons (Fsp3) is 0.259. The number of benzene rings is 2. The second-order valence-electron chi connectivity index (χ2n) is 9.02. The molecule has 3 aliphatic rings. The van der Waals surface area contributed by atoms with Gasteiger partial charge in [-0.25, -0.2) is 9.78 Å². The molecule has 4 heterocycles. The van der Waals surface area contributed by atoms with Crippen LogP contribution in [0, 0.1) is 0 Å². The van der Waals surface area contributed by atoms with Gasteiger partial charge in [0.15, 0.2) is 21.7 Å². The molecule has 1 amide bonds. The number of hydrogen-bond acceptors (Lipinski definition) is 8. The summed E-state index contributed by atoms with van der Waals surface area (Å²) in [7, 11) is 0. The Morgan fingerprint density at radius 2 is 1.74 bits per heavy atom. The van der Waals surface area contributed by atoms with Gasteiger partial charge < -0.3 is 14.0 Å². The number of aromatic nitrogens is 2. The second kappa shape index (κ2) is 9.94. The van der Waals surface area contributed by atoms with Gasteiger partial charge in [-0.3, -0.25) is 14.5 Å². The lowest BCUT2D eigenvalue weighted by Gasteiger charge is -2.51. The predicted octanol–water partition coefficient (Wildman–Crippen LogP) is 4.82. The SMILES string of the molecule is CC(=O)OC(c1cn2c(n1)SCC2)C1(Br)C(=O)N2C(C(=O)OC(c3ccccc3)c3ccccc3)=CSC21. The largest absolute Gasteiger partial charge is 0.454 e. The highest BCUT2D eigenvalue weighted by Gasteiger charge is 2.69. The first-order valence-electron chi connectivity index (χ1n) is 11.9. The summed E-state index contributed by atoms with van der Waals surface area (Å²) in [6.07, 6.45) is 0.235. The highest BCUT2D eigenvalue weighted by Crippen LogP contribution is 2.58. The summed E-state index contributed by atoms with van der Waals surface area (Å²) in [6, 6.07) is 18.9. The van der Waals surface area contributed by atoms with Crippen molar-refractivity contribution in [2.45, 2.75) is 40.5 Å². The average Bonchev–Trinajstić information content (AvgIpc) is 3.65. The number of β-lactam (4-membered cyclic amide) rings is 1. The molecule has 0 spiro atoms. The van der Waals surface area contributed by atoms with Crippen LogP contribution >= 0.6 is 39.5 Å². The maximum absolute atomic E-state index is 13.7. The van der Waals surface area contributed by atoms with Crippen molar-refractivity contribution in [1.82, 2.24) is 14.5 Å². The minimum absolute atomic E-state index is 0.154. The van der Waals surface area contributed by atoms with E-state index in [0.29, 0.717) is 5.69 Å². The lowest BCUT2D eigenvalue weighted by molar-refractivity contribution is -0.164. The fourth-order valence-electron chi connectivity index (χ4n) is 4.82. The number of rotatable bonds is 7. The lowest BCUT2D eigenvalue weighted by atomic mass is 9.89. The van der Waals surface area contributed by atoms with Crippen molar-refractivity contribution >= 4 is 57.3 Å². The molecule has 3 unspecified atom stereocenters. The van der Waals surface area contributed by atoms with Crippen molar-refractivity contribution in [3.05, 3.63) is 94.8 Å². The van der Waals surface area contributed by atoms with E-state index in [1.165, 1.54) is 23.6 Å². The standard InChI is InChI=1S/C27H22BrN3O5S2/c1-16(32)35-22(19-14-30-12-13-37-26(30)29-19)27(28)24(34)31-20(15-38-25(27)31)23(33)36-21(17-8-4-2-5-9-17)18-10-6-3-7-11-18/h2-11,14-15,21-22,25H,12-13H2,1H3. The van der Waals surface area contributed by atoms with Gasteiger partial charge in [0.1, 0.15) is 16.8 Å². The van der Waals surface area contributed by atoms with Crippen molar-refractivity contribution < 1.29 is 23.9 Å². The molecule has 0 aliphatic carbocycles. The Kier molecular flexibility index (Phi) is 6.61. The molecule has 0 radical (unpaired) electrons. The van der Waals surface area contributed by atoms with Crippen LogP contribution in [0.1, 0.15) is 36.0 Å². The number of halogens is 1. The van der Waals surface area contributed by atoms with Crippen molar-refractivity contribution in [2.24, 2.45) is 0 Å². The number of hydrogen-bond donors (Lipinski definition) is 0. The molecule has 3 aliphatic heterocycles. The molecule has 0 saturated carbocycles. The zero-order valence-corrected chi connectivity index (χ0v) is 23.4. The van der Waals surface area contributed by atoms with Gasteiger partial charge in [-0.05, 0) is 11.1 Å². The van der Waals surface area contributed by atoms with E-state index in [4.69, 9.17) is 9.47 Å². The number of fused-ring (bicyclic) bond motifs is 2. The molecule has 1 fully saturated rings. The predicted molar refractivity (Wildman–Crippen MR) is 146 cm³/mol. The molecule has 0 bridgehead atoms. The number of esters is 2. The van der Waals surface area contributed by atoms with Gasteiger partial charge in [-0.1, -0.05) is 88.4 Å². The third kappa shape index (κ3) is 4.17. The molecule has 6 rings (SSSR count). The minimum atomic E-state index is -1.28. The summed E-state index contributed by atoms with van der Waals surface area (Å²) in [5.41, 5.74) is 2.29. The van der Waals surface area contributed by atoms with Crippen LogP contribution in [0.25, 0.3) is 0 Å². The highest BCUT2D eigenvalue weighted by molar-refractivity contribution is 9.10. The van der Waals surface area contributed by atoms with E-state index in [1.807, 2.05) is 71.4 Å². The number of carbonyl (C=O) groups excluding carboxylic acids is 3. The van der Waals surface area contributed by atoms with Crippen molar-refractivity contribution in [3.63, 3.8) is 0 Å². The van der Waals surface area contributed by atoms with Crippen LogP contribution in [0.2, 0.25) is 0 Å². The van der Waals surface area contributed by atoms with Gasteiger partial charge in [0.2, 0.25) is 0 Å². The van der Waals surface area contributed by atoms with E-state index in [-0.39, 0.29) is 5.70 Å². The summed E-state index contributed by atoms with van der Waals surface area (Å²) >= 11 is 6.53. The van der Waals surface area contributed by atoms with Crippen LogP contribution in [-0.4, -0.2) is 47.7 Å². The van der Waals surface area contributed by atoms with Crippen LogP contribution in [-0.2, 0) is 30.4 Å². The first kappa shape index (κ1) is 25.3. The Bertz CT molecular complexity index is 1390. The first-order valence-corrected chi connectivity index (χ1v) is 14.7. The van der Waals surface area contributed by atoms with E-state index >= 15 is 0 Å². The number of carbonyl (C=O) groups is 3. The normalized spacial score (nSPS) is 22.4. The molecule has 11 heteroatoms. The first-order chi connectivity index (χ1) is 18.4. The number of ether oxygens (including phenoxy) is 2. The molecule has 1 saturated heterocycles. The fourth-order valence-corrected chi connectivity index (χ4v) is 8.04. The smallest absolute Gasteiger partial charge is 0.356 e. The number of amides is 1. The van der Waals surface area contributed by atoms with Crippen LogP contribution in [0.15, 0.2) is 83.1 Å². The Morgan fingerprint density at radius 3 is 2.34 bits per heavy atom. The summed E-state index contributed by atoms with van der Waals surface area (Å²) in [5.74, 6) is -0.598. The third-order valence-electron chi connectivity index (χ3n) is 6.60. The van der Waals surface area contributed by atoms with Crippen LogP contribution in [0.3, 0.4) is 0 Å². The topological polar surface area (TPSA) is 90.7 Å². The summed E-state index contributed by atoms with van der Waals surface area (Å²) < 4.78 is 12.4. The zero-order valence-electron chi connectivity index (χ0n) is 20.2. The van der Waals surface area contributed by atoms with E-state index in [9.17, 15) is 14.4 Å². The Morgan fingerprint density at radius 1 is 1.08 bits per heavy atom. The van der Waals surface area contributed by atoms with E-state index < -0.39 is 39.8 Å². The zero-order chi connectivity index (χ0) is 26.4. The Balaban J connectivity index is 1.25. The Hall–Kier alpha value is -3.02. The van der Waals surface area contributed by atoms with E-state index in [2.05, 4.69) is 20.9 Å². The van der Waals surface area contributed by atoms with E-state index in [1.54, 1.807) is 17.2 Å². The third-order valence-corrected chi connectivity index (χ3v) is 10.3. The monoisotopic (exact) mass is 611 g/mol. The minimum Gasteiger partial charge on any atom is -0.454 e. The van der Waals surface area contributed by atoms with Gasteiger partial charge in [-0.2, -0.15) is 0 Å². The van der Waals surface area contributed by atoms with Gasteiger partial charge in [0.25, 0.3) is 5.91 Å². The van der Waals surface area contributed by atoms with Crippen molar-refractivity contribution in [2.75, 3.05) is 5.75 Å². The number of nitrogens with zero attached hydrogens (tertiary/aromatic N) is 3. The van der Waals surface area contributed by atoms with Crippen molar-refractivity contribution in [3.8, 4) is 0 Å². The number of aryl methyl sites for hydroxylation is 1. The average molecular weight is 613 g/mol. The Labute approximate surface area is 235 Å². The number of alkyl halides is 1. The summed E-state index contributed by atoms with van der Waals surface area (Å²) in [6.45, 7) is 2.10. The van der Waals surface area contributed by atoms with E-state index in [0.717, 1.165) is 28.6 Å². The molecule has 38 heavy (non-hydrogen) atoms. The van der Waals surface area contributed by atoms with Crippen molar-refractivity contribution in [1.29, 1.82) is 0 Å². The molecule has 1 aromatic heterocycles. The molecule has 3 aromatic rings. The highest BCUT2D eigenvalue weighted by atomic mass is 79.9. The van der Waals surface area contributed by atoms with Gasteiger partial charge in [-0.15, -0.1) is 11.8 Å². The lowest BCUT2D eigenvalue weighted by Crippen LogP contribution is -2.70. The molecule has 0 N–H and O–H groups in total. The molecular weight excluding hydrogens is 590 g/mol. The maximum atomic E-state index is 13.7. The summed E-state index contributed by atoms with van der Waals surface area (Å²) in [4.78, 5) is 45.2. The number of thioether (sulfide) groups is 2. The quantitative estimate of drug-likeness (QED) is 0.213. The molecular formula is C27H22BrN3O5S2. The number of imidazole rings is 1. The van der Waals surface area contributed by atoms with Crippen LogP contribution in [0.4, 0.5) is 0 Å². The van der Waals surface area contributed by atoms with Crippen LogP contribution < -0.4 is 0 Å². The van der Waals surface area contributed by atoms with Gasteiger partial charge in [0, 0.05) is 30.8 Å². The van der Waals surface area contributed by atoms with Gasteiger partial charge >= 0.3 is 11.9 Å². The summed E-state index contributed by atoms with van der Waals surface area (Å²) in [5, 5.41) is 1.94. The molecule has 8 nitrogen and oxygen atoms in total. The van der Waals surface area contributed by atoms with Gasteiger partial charge in [0.05, 0.1) is 0 Å². The molecule has 194 valence electrons. The maximum Gasteiger partial charge on any atom is 0.356 e. The molecule has 2 aromatic carbocycles.